The summed E-state index contributed by atoms with van der Waals surface area (Å²) in [6, 6.07) is 6.61. The SMILES string of the molecule is CC/C(C)=C/C=C\c1cc(O)cc(-c2c(F)cc3c(N4CC5CCC(C4)N5)nc(CC[C@@]45CCCN4C[C@H](F)C5)nc3c2F)c1. The summed E-state index contributed by atoms with van der Waals surface area (Å²) >= 11 is 0. The van der Waals surface area contributed by atoms with Gasteiger partial charge in [0.05, 0.1) is 5.56 Å². The highest BCUT2D eigenvalue weighted by atomic mass is 19.1. The van der Waals surface area contributed by atoms with Crippen LogP contribution in [0.25, 0.3) is 28.1 Å². The molecule has 0 radical (unpaired) electrons. The van der Waals surface area contributed by atoms with Gasteiger partial charge in [0, 0.05) is 49.1 Å². The zero-order valence-corrected chi connectivity index (χ0v) is 26.1. The molecule has 2 aromatic carbocycles. The van der Waals surface area contributed by atoms with E-state index >= 15 is 8.78 Å². The smallest absolute Gasteiger partial charge is 0.160 e. The largest absolute Gasteiger partial charge is 0.508 e. The van der Waals surface area contributed by atoms with Crippen LogP contribution in [0, 0.1) is 11.6 Å². The topological polar surface area (TPSA) is 64.5 Å². The van der Waals surface area contributed by atoms with Gasteiger partial charge < -0.3 is 15.3 Å². The van der Waals surface area contributed by atoms with Crippen molar-refractivity contribution in [1.82, 2.24) is 20.2 Å². The summed E-state index contributed by atoms with van der Waals surface area (Å²) in [5.41, 5.74) is 1.72. The van der Waals surface area contributed by atoms with E-state index in [1.165, 1.54) is 17.7 Å². The van der Waals surface area contributed by atoms with Crippen LogP contribution in [0.2, 0.25) is 0 Å². The summed E-state index contributed by atoms with van der Waals surface area (Å²) in [4.78, 5) is 14.1. The average molecular weight is 618 g/mol. The van der Waals surface area contributed by atoms with Crippen molar-refractivity contribution in [1.29, 1.82) is 0 Å². The van der Waals surface area contributed by atoms with Gasteiger partial charge in [-0.05, 0) is 93.8 Å². The lowest BCUT2D eigenvalue weighted by Gasteiger charge is -2.35. The molecule has 4 atom stereocenters. The molecule has 2 bridgehead atoms. The van der Waals surface area contributed by atoms with E-state index in [0.29, 0.717) is 73.6 Å². The number of aromatic hydroxyl groups is 1. The number of phenols is 1. The molecule has 9 heteroatoms. The number of hydrogen-bond donors (Lipinski definition) is 2. The van der Waals surface area contributed by atoms with Crippen molar-refractivity contribution in [2.75, 3.05) is 31.1 Å². The highest BCUT2D eigenvalue weighted by Gasteiger charge is 2.48. The highest BCUT2D eigenvalue weighted by molar-refractivity contribution is 5.94. The number of alkyl halides is 1. The highest BCUT2D eigenvalue weighted by Crippen LogP contribution is 2.43. The van der Waals surface area contributed by atoms with Crippen LogP contribution >= 0.6 is 0 Å². The molecule has 0 amide bonds. The van der Waals surface area contributed by atoms with Crippen molar-refractivity contribution >= 4 is 22.8 Å². The van der Waals surface area contributed by atoms with Crippen LogP contribution in [0.4, 0.5) is 19.0 Å². The Kier molecular flexibility index (Phi) is 8.10. The van der Waals surface area contributed by atoms with Crippen molar-refractivity contribution in [2.24, 2.45) is 0 Å². The fourth-order valence-corrected chi connectivity index (χ4v) is 8.08. The monoisotopic (exact) mass is 617 g/mol. The summed E-state index contributed by atoms with van der Waals surface area (Å²) in [5, 5.41) is 14.5. The molecule has 0 spiro atoms. The first kappa shape index (κ1) is 30.2. The van der Waals surface area contributed by atoms with Gasteiger partial charge in [-0.25, -0.2) is 23.1 Å². The van der Waals surface area contributed by atoms with Crippen LogP contribution in [-0.4, -0.2) is 69.9 Å². The molecular weight excluding hydrogens is 575 g/mol. The summed E-state index contributed by atoms with van der Waals surface area (Å²) in [6.45, 7) is 6.90. The van der Waals surface area contributed by atoms with Gasteiger partial charge in [0.25, 0.3) is 0 Å². The quantitative estimate of drug-likeness (QED) is 0.263. The number of aryl methyl sites for hydroxylation is 1. The molecule has 4 aliphatic heterocycles. The lowest BCUT2D eigenvalue weighted by atomic mass is 9.88. The number of piperazine rings is 1. The Bertz CT molecular complexity index is 1660. The molecule has 0 saturated carbocycles. The van der Waals surface area contributed by atoms with Gasteiger partial charge in [-0.3, -0.25) is 4.90 Å². The number of aromatic nitrogens is 2. The number of phenolic OH excluding ortho intramolecular Hbond substituents is 1. The third-order valence-electron chi connectivity index (χ3n) is 10.5. The molecular formula is C36H42F3N5O. The number of anilines is 1. The number of halogens is 3. The van der Waals surface area contributed by atoms with Crippen LogP contribution in [0.1, 0.15) is 70.2 Å². The number of nitrogens with zero attached hydrogens (tertiary/aromatic N) is 4. The number of nitrogens with one attached hydrogen (secondary N) is 1. The average Bonchev–Trinajstić information content (AvgIpc) is 3.65. The minimum Gasteiger partial charge on any atom is -0.508 e. The molecule has 238 valence electrons. The molecule has 2 N–H and O–H groups in total. The van der Waals surface area contributed by atoms with E-state index in [2.05, 4.69) is 22.0 Å². The molecule has 4 aliphatic rings. The lowest BCUT2D eigenvalue weighted by molar-refractivity contribution is 0.181. The molecule has 6 nitrogen and oxygen atoms in total. The van der Waals surface area contributed by atoms with Gasteiger partial charge in [-0.1, -0.05) is 30.7 Å². The van der Waals surface area contributed by atoms with E-state index in [9.17, 15) is 9.50 Å². The first-order chi connectivity index (χ1) is 21.7. The summed E-state index contributed by atoms with van der Waals surface area (Å²) < 4.78 is 47.1. The Morgan fingerprint density at radius 2 is 1.91 bits per heavy atom. The maximum atomic E-state index is 16.7. The second-order valence-corrected chi connectivity index (χ2v) is 13.6. The molecule has 2 unspecified atom stereocenters. The second kappa shape index (κ2) is 12.1. The Morgan fingerprint density at radius 1 is 1.11 bits per heavy atom. The second-order valence-electron chi connectivity index (χ2n) is 13.6. The number of benzene rings is 2. The molecule has 4 saturated heterocycles. The minimum absolute atomic E-state index is 0.0781. The molecule has 45 heavy (non-hydrogen) atoms. The van der Waals surface area contributed by atoms with E-state index < -0.39 is 17.8 Å². The predicted octanol–water partition coefficient (Wildman–Crippen LogP) is 7.10. The molecule has 1 aromatic heterocycles. The third-order valence-corrected chi connectivity index (χ3v) is 10.5. The van der Waals surface area contributed by atoms with Gasteiger partial charge >= 0.3 is 0 Å². The fraction of sp³-hybridized carbons (Fsp3) is 0.500. The Balaban J connectivity index is 1.30. The molecule has 4 fully saturated rings. The van der Waals surface area contributed by atoms with Gasteiger partial charge in [0.2, 0.25) is 0 Å². The zero-order valence-electron chi connectivity index (χ0n) is 26.1. The maximum Gasteiger partial charge on any atom is 0.160 e. The number of hydrogen-bond acceptors (Lipinski definition) is 6. The fourth-order valence-electron chi connectivity index (χ4n) is 8.08. The molecule has 5 heterocycles. The van der Waals surface area contributed by atoms with Crippen LogP contribution in [0.5, 0.6) is 5.75 Å². The van der Waals surface area contributed by atoms with E-state index in [4.69, 9.17) is 9.97 Å². The van der Waals surface area contributed by atoms with Gasteiger partial charge in [-0.15, -0.1) is 0 Å². The van der Waals surface area contributed by atoms with E-state index in [1.54, 1.807) is 12.1 Å². The van der Waals surface area contributed by atoms with Crippen molar-refractivity contribution in [3.05, 3.63) is 65.0 Å². The van der Waals surface area contributed by atoms with Gasteiger partial charge in [-0.2, -0.15) is 0 Å². The van der Waals surface area contributed by atoms with Crippen molar-refractivity contribution in [2.45, 2.75) is 89.0 Å². The maximum absolute atomic E-state index is 16.7. The standard InChI is InChI=1S/C36H42F3N5O/c1-3-22(2)6-4-7-23-14-24(16-28(45)15-23)32-30(38)17-29-34(33(32)39)41-31(10-12-36-11-5-13-44(36)19-25(37)18-36)42-35(29)43-20-26-8-9-27(21-43)40-26/h4,6-7,14-17,25-27,40,45H,3,5,8-13,18-21H2,1-2H3/b7-4-,22-6+/t25-,26?,27?,36-/m1/s1. The first-order valence-corrected chi connectivity index (χ1v) is 16.5. The van der Waals surface area contributed by atoms with Crippen LogP contribution in [-0.2, 0) is 6.42 Å². The van der Waals surface area contributed by atoms with E-state index in [-0.39, 0.29) is 27.9 Å². The van der Waals surface area contributed by atoms with Crippen LogP contribution in [0.15, 0.2) is 42.0 Å². The number of allylic oxidation sites excluding steroid dienone is 3. The summed E-state index contributed by atoms with van der Waals surface area (Å²) in [5.74, 6) is -0.503. The van der Waals surface area contributed by atoms with E-state index in [0.717, 1.165) is 38.6 Å². The first-order valence-electron chi connectivity index (χ1n) is 16.5. The summed E-state index contributed by atoms with van der Waals surface area (Å²) in [7, 11) is 0. The van der Waals surface area contributed by atoms with Crippen LogP contribution < -0.4 is 10.2 Å². The predicted molar refractivity (Wildman–Crippen MR) is 173 cm³/mol. The van der Waals surface area contributed by atoms with Crippen molar-refractivity contribution < 1.29 is 18.3 Å². The third kappa shape index (κ3) is 5.85. The normalized spacial score (nSPS) is 26.9. The molecule has 0 aliphatic carbocycles. The Labute approximate surface area is 263 Å². The molecule has 3 aromatic rings. The minimum atomic E-state index is -0.827. The number of fused-ring (bicyclic) bond motifs is 4. The Morgan fingerprint density at radius 3 is 2.69 bits per heavy atom. The van der Waals surface area contributed by atoms with Gasteiger partial charge in [0.1, 0.15) is 34.9 Å². The Hall–Kier alpha value is -3.43. The zero-order chi connectivity index (χ0) is 31.3. The van der Waals surface area contributed by atoms with Crippen LogP contribution in [0.3, 0.4) is 0 Å². The van der Waals surface area contributed by atoms with Crippen molar-refractivity contribution in [3.63, 3.8) is 0 Å². The lowest BCUT2D eigenvalue weighted by Crippen LogP contribution is -2.51. The number of rotatable bonds is 8. The molecule has 7 rings (SSSR count). The summed E-state index contributed by atoms with van der Waals surface area (Å²) in [6.07, 6.45) is 11.6. The van der Waals surface area contributed by atoms with E-state index in [1.807, 2.05) is 25.2 Å². The van der Waals surface area contributed by atoms with Gasteiger partial charge in [0.15, 0.2) is 5.82 Å². The van der Waals surface area contributed by atoms with Crippen molar-refractivity contribution in [3.8, 4) is 16.9 Å².